The first-order valence-electron chi connectivity index (χ1n) is 5.35. The summed E-state index contributed by atoms with van der Waals surface area (Å²) in [4.78, 5) is -0.0999. The van der Waals surface area contributed by atoms with Crippen LogP contribution in [0.5, 0.6) is 0 Å². The Morgan fingerprint density at radius 3 is 2.45 bits per heavy atom. The molecule has 0 fully saturated rings. The van der Waals surface area contributed by atoms with Crippen LogP contribution in [0.2, 0.25) is 5.02 Å². The van der Waals surface area contributed by atoms with Gasteiger partial charge in [0.2, 0.25) is 20.0 Å². The van der Waals surface area contributed by atoms with E-state index in [0.29, 0.717) is 0 Å². The second-order valence-electron chi connectivity index (χ2n) is 3.87. The highest BCUT2D eigenvalue weighted by molar-refractivity contribution is 7.89. The van der Waals surface area contributed by atoms with Crippen LogP contribution < -0.4 is 9.86 Å². The van der Waals surface area contributed by atoms with E-state index in [4.69, 9.17) is 22.0 Å². The summed E-state index contributed by atoms with van der Waals surface area (Å²) in [6.45, 7) is -0.0730. The second-order valence-corrected chi connectivity index (χ2v) is 7.78. The summed E-state index contributed by atoms with van der Waals surface area (Å²) < 4.78 is 47.4. The van der Waals surface area contributed by atoms with E-state index in [1.165, 1.54) is 12.1 Å². The number of rotatable bonds is 6. The molecule has 0 aliphatic carbocycles. The second kappa shape index (κ2) is 6.51. The van der Waals surface area contributed by atoms with Crippen molar-refractivity contribution in [3.05, 3.63) is 28.8 Å². The SMILES string of the molecule is N#Cc1ccc(S(=O)(=O)NCCCS(N)(=O)=O)cc1Cl. The molecule has 3 N–H and O–H groups in total. The summed E-state index contributed by atoms with van der Waals surface area (Å²) in [6.07, 6.45) is 0.0576. The average Bonchev–Trinajstić information content (AvgIpc) is 2.33. The molecule has 7 nitrogen and oxygen atoms in total. The first-order chi connectivity index (χ1) is 9.15. The summed E-state index contributed by atoms with van der Waals surface area (Å²) in [5.74, 6) is -0.316. The molecule has 0 bridgehead atoms. The Morgan fingerprint density at radius 1 is 1.30 bits per heavy atom. The summed E-state index contributed by atoms with van der Waals surface area (Å²) in [5.41, 5.74) is 0.167. The lowest BCUT2D eigenvalue weighted by Gasteiger charge is -2.07. The molecule has 0 saturated heterocycles. The van der Waals surface area contributed by atoms with E-state index in [2.05, 4.69) is 4.72 Å². The van der Waals surface area contributed by atoms with Crippen LogP contribution in [-0.2, 0) is 20.0 Å². The number of halogens is 1. The first kappa shape index (κ1) is 16.9. The van der Waals surface area contributed by atoms with Crippen LogP contribution in [0.15, 0.2) is 23.1 Å². The Balaban J connectivity index is 2.75. The van der Waals surface area contributed by atoms with Crippen LogP contribution in [0.4, 0.5) is 0 Å². The number of benzene rings is 1. The Hall–Kier alpha value is -1.18. The number of nitriles is 1. The molecule has 1 aromatic rings. The van der Waals surface area contributed by atoms with Crippen molar-refractivity contribution in [1.82, 2.24) is 4.72 Å². The van der Waals surface area contributed by atoms with Gasteiger partial charge >= 0.3 is 0 Å². The van der Waals surface area contributed by atoms with Gasteiger partial charge in [-0.05, 0) is 24.6 Å². The molecule has 1 rings (SSSR count). The minimum Gasteiger partial charge on any atom is -0.229 e. The lowest BCUT2D eigenvalue weighted by atomic mass is 10.2. The largest absolute Gasteiger partial charge is 0.240 e. The van der Waals surface area contributed by atoms with E-state index in [0.717, 1.165) is 6.07 Å². The molecule has 0 atom stereocenters. The Bertz CT molecular complexity index is 738. The van der Waals surface area contributed by atoms with Gasteiger partial charge in [0.15, 0.2) is 0 Å². The fourth-order valence-corrected chi connectivity index (χ4v) is 3.25. The maximum Gasteiger partial charge on any atom is 0.240 e. The lowest BCUT2D eigenvalue weighted by Crippen LogP contribution is -2.27. The van der Waals surface area contributed by atoms with Crippen molar-refractivity contribution in [1.29, 1.82) is 5.26 Å². The van der Waals surface area contributed by atoms with E-state index < -0.39 is 20.0 Å². The molecule has 110 valence electrons. The zero-order valence-electron chi connectivity index (χ0n) is 10.2. The van der Waals surface area contributed by atoms with Crippen LogP contribution in [-0.4, -0.2) is 29.1 Å². The van der Waals surface area contributed by atoms with Gasteiger partial charge in [-0.15, -0.1) is 0 Å². The summed E-state index contributed by atoms with van der Waals surface area (Å²) in [7, 11) is -7.42. The zero-order chi connectivity index (χ0) is 15.4. The van der Waals surface area contributed by atoms with Gasteiger partial charge in [0.25, 0.3) is 0 Å². The van der Waals surface area contributed by atoms with Gasteiger partial charge in [-0.25, -0.2) is 26.7 Å². The van der Waals surface area contributed by atoms with Gasteiger partial charge in [-0.1, -0.05) is 11.6 Å². The van der Waals surface area contributed by atoms with Gasteiger partial charge < -0.3 is 0 Å². The Morgan fingerprint density at radius 2 is 1.95 bits per heavy atom. The molecule has 10 heteroatoms. The third-order valence-electron chi connectivity index (χ3n) is 2.27. The highest BCUT2D eigenvalue weighted by Crippen LogP contribution is 2.19. The maximum atomic E-state index is 11.9. The topological polar surface area (TPSA) is 130 Å². The molecule has 0 amide bonds. The molecule has 20 heavy (non-hydrogen) atoms. The van der Waals surface area contributed by atoms with E-state index in [9.17, 15) is 16.8 Å². The van der Waals surface area contributed by atoms with Crippen molar-refractivity contribution in [3.8, 4) is 6.07 Å². The number of sulfonamides is 2. The quantitative estimate of drug-likeness (QED) is 0.714. The highest BCUT2D eigenvalue weighted by Gasteiger charge is 2.15. The Labute approximate surface area is 122 Å². The van der Waals surface area contributed by atoms with Crippen LogP contribution in [0.3, 0.4) is 0 Å². The van der Waals surface area contributed by atoms with Gasteiger partial charge in [0.1, 0.15) is 6.07 Å². The maximum absolute atomic E-state index is 11.9. The molecule has 0 aromatic heterocycles. The number of primary sulfonamides is 1. The Kier molecular flexibility index (Phi) is 5.50. The van der Waals surface area contributed by atoms with Gasteiger partial charge in [0, 0.05) is 6.54 Å². The minimum atomic E-state index is -3.80. The number of nitrogens with zero attached hydrogens (tertiary/aromatic N) is 1. The standard InChI is InChI=1S/C10H12ClN3O4S2/c11-10-6-9(3-2-8(10)7-12)20(17,18)14-4-1-5-19(13,15)16/h2-3,6,14H,1,4-5H2,(H2,13,15,16). The molecule has 0 spiro atoms. The van der Waals surface area contributed by atoms with Crippen molar-refractivity contribution in [3.63, 3.8) is 0 Å². The minimum absolute atomic E-state index is 0.0277. The monoisotopic (exact) mass is 337 g/mol. The summed E-state index contributed by atoms with van der Waals surface area (Å²) >= 11 is 5.75. The van der Waals surface area contributed by atoms with Crippen molar-refractivity contribution in [2.45, 2.75) is 11.3 Å². The molecule has 0 saturated carbocycles. The van der Waals surface area contributed by atoms with Gasteiger partial charge in [-0.2, -0.15) is 5.26 Å². The van der Waals surface area contributed by atoms with Gasteiger partial charge in [0.05, 0.1) is 21.2 Å². The van der Waals surface area contributed by atoms with Crippen molar-refractivity contribution in [2.75, 3.05) is 12.3 Å². The smallest absolute Gasteiger partial charge is 0.229 e. The van der Waals surface area contributed by atoms with Crippen LogP contribution in [0, 0.1) is 11.3 Å². The molecule has 0 aliphatic rings. The number of hydrogen-bond donors (Lipinski definition) is 2. The predicted octanol–water partition coefficient (Wildman–Crippen LogP) is 0.169. The predicted molar refractivity (Wildman–Crippen MR) is 73.9 cm³/mol. The molecular formula is C10H12ClN3O4S2. The molecule has 1 aromatic carbocycles. The lowest BCUT2D eigenvalue weighted by molar-refractivity contribution is 0.576. The number of hydrogen-bond acceptors (Lipinski definition) is 5. The van der Waals surface area contributed by atoms with Crippen LogP contribution in [0.1, 0.15) is 12.0 Å². The molecule has 0 radical (unpaired) electrons. The molecule has 0 heterocycles. The van der Waals surface area contributed by atoms with E-state index in [1.54, 1.807) is 0 Å². The van der Waals surface area contributed by atoms with Crippen LogP contribution >= 0.6 is 11.6 Å². The fourth-order valence-electron chi connectivity index (χ4n) is 1.32. The summed E-state index contributed by atoms with van der Waals surface area (Å²) in [5, 5.41) is 13.5. The fraction of sp³-hybridized carbons (Fsp3) is 0.300. The third kappa shape index (κ3) is 5.07. The molecule has 0 unspecified atom stereocenters. The highest BCUT2D eigenvalue weighted by atomic mass is 35.5. The van der Waals surface area contributed by atoms with Crippen molar-refractivity contribution in [2.24, 2.45) is 5.14 Å². The third-order valence-corrected chi connectivity index (χ3v) is 4.90. The van der Waals surface area contributed by atoms with Gasteiger partial charge in [-0.3, -0.25) is 0 Å². The first-order valence-corrected chi connectivity index (χ1v) is 8.93. The average molecular weight is 338 g/mol. The molecule has 0 aliphatic heterocycles. The zero-order valence-corrected chi connectivity index (χ0v) is 12.6. The van der Waals surface area contributed by atoms with Crippen molar-refractivity contribution < 1.29 is 16.8 Å². The van der Waals surface area contributed by atoms with Crippen molar-refractivity contribution >= 4 is 31.6 Å². The molecular weight excluding hydrogens is 326 g/mol. The van der Waals surface area contributed by atoms with E-state index in [1.807, 2.05) is 6.07 Å². The summed E-state index contributed by atoms with van der Waals surface area (Å²) in [6, 6.07) is 5.51. The number of nitrogens with one attached hydrogen (secondary N) is 1. The normalized spacial score (nSPS) is 12.1. The number of nitrogens with two attached hydrogens (primary N) is 1. The van der Waals surface area contributed by atoms with E-state index in [-0.39, 0.29) is 34.2 Å². The van der Waals surface area contributed by atoms with Crippen LogP contribution in [0.25, 0.3) is 0 Å². The van der Waals surface area contributed by atoms with E-state index >= 15 is 0 Å².